The molecule has 0 saturated heterocycles. The molecule has 0 heterocycles. The highest BCUT2D eigenvalue weighted by Gasteiger charge is 2.56. The minimum atomic E-state index is -0.0595. The molecule has 6 unspecified atom stereocenters. The van der Waals surface area contributed by atoms with Crippen molar-refractivity contribution in [2.75, 3.05) is 13.1 Å². The van der Waals surface area contributed by atoms with Crippen LogP contribution in [0.5, 0.6) is 0 Å². The lowest BCUT2D eigenvalue weighted by molar-refractivity contribution is -0.117. The molecule has 3 rings (SSSR count). The molecule has 0 radical (unpaired) electrons. The Balaban J connectivity index is 1.55. The average molecular weight is 302 g/mol. The fourth-order valence-electron chi connectivity index (χ4n) is 5.50. The lowest BCUT2D eigenvalue weighted by atomic mass is 9.73. The third kappa shape index (κ3) is 2.71. The van der Waals surface area contributed by atoms with Gasteiger partial charge in [0.25, 0.3) is 0 Å². The molecule has 4 nitrogen and oxygen atoms in total. The van der Waals surface area contributed by atoms with Crippen LogP contribution in [-0.4, -0.2) is 24.9 Å². The summed E-state index contributed by atoms with van der Waals surface area (Å²) in [5.41, 5.74) is 0. The Morgan fingerprint density at radius 3 is 2.18 bits per heavy atom. The molecule has 0 spiro atoms. The first-order valence-corrected chi connectivity index (χ1v) is 8.44. The quantitative estimate of drug-likeness (QED) is 0.736. The summed E-state index contributed by atoms with van der Waals surface area (Å²) in [6.45, 7) is 8.61. The number of hydrogen-bond donors (Lipinski definition) is 2. The molecule has 3 saturated carbocycles. The summed E-state index contributed by atoms with van der Waals surface area (Å²) in [7, 11) is 0. The Morgan fingerprint density at radius 1 is 0.909 bits per heavy atom. The van der Waals surface area contributed by atoms with Crippen molar-refractivity contribution >= 4 is 11.8 Å². The molecule has 2 amide bonds. The van der Waals surface area contributed by atoms with Crippen molar-refractivity contribution in [1.82, 2.24) is 10.6 Å². The second-order valence-corrected chi connectivity index (χ2v) is 7.13. The minimum Gasteiger partial charge on any atom is -0.352 e. The third-order valence-corrected chi connectivity index (χ3v) is 6.24. The molecule has 0 aliphatic heterocycles. The summed E-state index contributed by atoms with van der Waals surface area (Å²) in [5, 5.41) is 5.95. The maximum absolute atomic E-state index is 11.4. The molecule has 4 heteroatoms. The van der Waals surface area contributed by atoms with Crippen LogP contribution in [0.25, 0.3) is 0 Å². The van der Waals surface area contributed by atoms with Crippen LogP contribution in [-0.2, 0) is 9.59 Å². The Labute approximate surface area is 132 Å². The Kier molecular flexibility index (Phi) is 4.37. The molecule has 3 aliphatic rings. The highest BCUT2D eigenvalue weighted by molar-refractivity contribution is 5.87. The number of carbonyl (C=O) groups excluding carboxylic acids is 2. The van der Waals surface area contributed by atoms with Gasteiger partial charge in [0, 0.05) is 13.1 Å². The van der Waals surface area contributed by atoms with Gasteiger partial charge in [-0.25, -0.2) is 0 Å². The average Bonchev–Trinajstić information content (AvgIpc) is 3.21. The van der Waals surface area contributed by atoms with Gasteiger partial charge in [-0.1, -0.05) is 13.2 Å². The van der Waals surface area contributed by atoms with E-state index in [9.17, 15) is 9.59 Å². The van der Waals surface area contributed by atoms with E-state index < -0.39 is 0 Å². The van der Waals surface area contributed by atoms with Gasteiger partial charge in [0.2, 0.25) is 11.8 Å². The summed E-state index contributed by atoms with van der Waals surface area (Å²) < 4.78 is 0. The molecular formula is C18H26N2O2. The van der Waals surface area contributed by atoms with Crippen LogP contribution in [0.15, 0.2) is 25.3 Å². The van der Waals surface area contributed by atoms with Crippen LogP contribution >= 0.6 is 0 Å². The monoisotopic (exact) mass is 302 g/mol. The largest absolute Gasteiger partial charge is 0.352 e. The van der Waals surface area contributed by atoms with Gasteiger partial charge in [-0.15, -0.1) is 0 Å². The van der Waals surface area contributed by atoms with Crippen molar-refractivity contribution in [2.24, 2.45) is 35.5 Å². The van der Waals surface area contributed by atoms with Gasteiger partial charge in [-0.3, -0.25) is 9.59 Å². The van der Waals surface area contributed by atoms with Crippen molar-refractivity contribution in [1.29, 1.82) is 0 Å². The second kappa shape index (κ2) is 6.27. The van der Waals surface area contributed by atoms with E-state index in [1.165, 1.54) is 37.8 Å². The third-order valence-electron chi connectivity index (χ3n) is 6.24. The van der Waals surface area contributed by atoms with Crippen LogP contribution in [0.4, 0.5) is 0 Å². The van der Waals surface area contributed by atoms with Crippen molar-refractivity contribution in [3.8, 4) is 0 Å². The molecule has 0 aromatic carbocycles. The molecule has 3 aliphatic carbocycles. The smallest absolute Gasteiger partial charge is 0.243 e. The van der Waals surface area contributed by atoms with Crippen molar-refractivity contribution in [3.05, 3.63) is 25.3 Å². The second-order valence-electron chi connectivity index (χ2n) is 7.13. The van der Waals surface area contributed by atoms with Gasteiger partial charge in [0.05, 0.1) is 0 Å². The maximum Gasteiger partial charge on any atom is 0.243 e. The normalized spacial score (nSPS) is 38.4. The first kappa shape index (κ1) is 15.3. The van der Waals surface area contributed by atoms with E-state index >= 15 is 0 Å². The first-order valence-electron chi connectivity index (χ1n) is 8.44. The Bertz CT molecular complexity index is 487. The predicted molar refractivity (Wildman–Crippen MR) is 85.8 cm³/mol. The zero-order valence-corrected chi connectivity index (χ0v) is 13.1. The van der Waals surface area contributed by atoms with Gasteiger partial charge in [-0.2, -0.15) is 0 Å². The zero-order valence-electron chi connectivity index (χ0n) is 13.1. The van der Waals surface area contributed by atoms with E-state index in [1.54, 1.807) is 0 Å². The SMILES string of the molecule is C=CC(=O)NCC1CC2CC1C1CCC(CNC(=O)C=C)C21. The van der Waals surface area contributed by atoms with E-state index in [0.29, 0.717) is 11.8 Å². The maximum atomic E-state index is 11.4. The lowest BCUT2D eigenvalue weighted by Crippen LogP contribution is -2.37. The summed E-state index contributed by atoms with van der Waals surface area (Å²) in [6.07, 6.45) is 7.76. The molecule has 2 N–H and O–H groups in total. The van der Waals surface area contributed by atoms with E-state index in [4.69, 9.17) is 0 Å². The lowest BCUT2D eigenvalue weighted by Gasteiger charge is -2.34. The van der Waals surface area contributed by atoms with Gasteiger partial charge < -0.3 is 10.6 Å². The number of amides is 2. The molecule has 6 atom stereocenters. The molecule has 3 fully saturated rings. The summed E-state index contributed by atoms with van der Waals surface area (Å²) in [4.78, 5) is 22.7. The molecule has 22 heavy (non-hydrogen) atoms. The number of hydrogen-bond acceptors (Lipinski definition) is 2. The van der Waals surface area contributed by atoms with E-state index in [0.717, 1.165) is 36.8 Å². The van der Waals surface area contributed by atoms with Gasteiger partial charge in [0.1, 0.15) is 0 Å². The van der Waals surface area contributed by atoms with E-state index in [2.05, 4.69) is 23.8 Å². The Hall–Kier alpha value is -1.58. The van der Waals surface area contributed by atoms with Crippen molar-refractivity contribution < 1.29 is 9.59 Å². The molecule has 0 aromatic heterocycles. The standard InChI is InChI=1S/C18H26N2O2/c1-3-16(21)19-9-11-5-6-14-15-8-12(18(11)14)7-13(15)10-20-17(22)4-2/h3-4,11-15,18H,1-2,5-10H2,(H,19,21)(H,20,22). The number of rotatable bonds is 6. The van der Waals surface area contributed by atoms with Gasteiger partial charge in [-0.05, 0) is 73.3 Å². The van der Waals surface area contributed by atoms with Crippen LogP contribution in [0.2, 0.25) is 0 Å². The Morgan fingerprint density at radius 2 is 1.55 bits per heavy atom. The minimum absolute atomic E-state index is 0.0587. The van der Waals surface area contributed by atoms with Crippen LogP contribution in [0.3, 0.4) is 0 Å². The first-order chi connectivity index (χ1) is 10.6. The van der Waals surface area contributed by atoms with E-state index in [1.807, 2.05) is 0 Å². The van der Waals surface area contributed by atoms with Crippen LogP contribution < -0.4 is 10.6 Å². The van der Waals surface area contributed by atoms with Gasteiger partial charge in [0.15, 0.2) is 0 Å². The molecular weight excluding hydrogens is 276 g/mol. The number of fused-ring (bicyclic) bond motifs is 5. The zero-order chi connectivity index (χ0) is 15.7. The highest BCUT2D eigenvalue weighted by Crippen LogP contribution is 2.62. The van der Waals surface area contributed by atoms with Gasteiger partial charge >= 0.3 is 0 Å². The number of carbonyl (C=O) groups is 2. The molecule has 0 aromatic rings. The van der Waals surface area contributed by atoms with E-state index in [-0.39, 0.29) is 11.8 Å². The summed E-state index contributed by atoms with van der Waals surface area (Å²) in [5.74, 6) is 4.28. The topological polar surface area (TPSA) is 58.2 Å². The van der Waals surface area contributed by atoms with Crippen molar-refractivity contribution in [3.63, 3.8) is 0 Å². The van der Waals surface area contributed by atoms with Crippen molar-refractivity contribution in [2.45, 2.75) is 25.7 Å². The fourth-order valence-corrected chi connectivity index (χ4v) is 5.50. The fraction of sp³-hybridized carbons (Fsp3) is 0.667. The van der Waals surface area contributed by atoms with Crippen LogP contribution in [0, 0.1) is 35.5 Å². The predicted octanol–water partition coefficient (Wildman–Crippen LogP) is 1.89. The summed E-state index contributed by atoms with van der Waals surface area (Å²) >= 11 is 0. The molecule has 2 bridgehead atoms. The molecule has 120 valence electrons. The van der Waals surface area contributed by atoms with Crippen LogP contribution in [0.1, 0.15) is 25.7 Å². The number of nitrogens with one attached hydrogen (secondary N) is 2. The summed E-state index contributed by atoms with van der Waals surface area (Å²) in [6, 6.07) is 0. The highest BCUT2D eigenvalue weighted by atomic mass is 16.2.